The smallest absolute Gasteiger partial charge is 0.261 e. The summed E-state index contributed by atoms with van der Waals surface area (Å²) < 4.78 is 0. The van der Waals surface area contributed by atoms with Crippen LogP contribution in [0.1, 0.15) is 10.4 Å². The third-order valence-corrected chi connectivity index (χ3v) is 2.75. The van der Waals surface area contributed by atoms with Gasteiger partial charge >= 0.3 is 0 Å². The fraction of sp³-hybridized carbons (Fsp3) is 0.0833. The number of carbonyl (C=O) groups is 1. The van der Waals surface area contributed by atoms with Crippen molar-refractivity contribution in [1.29, 1.82) is 0 Å². The Morgan fingerprint density at radius 3 is 2.72 bits per heavy atom. The van der Waals surface area contributed by atoms with E-state index in [-0.39, 0.29) is 16.6 Å². The zero-order chi connectivity index (χ0) is 13.1. The largest absolute Gasteiger partial charge is 0.397 e. The number of rotatable bonds is 2. The molecule has 0 bridgehead atoms. The van der Waals surface area contributed by atoms with Crippen molar-refractivity contribution in [3.63, 3.8) is 0 Å². The second-order valence-electron chi connectivity index (χ2n) is 3.68. The van der Waals surface area contributed by atoms with Crippen LogP contribution in [-0.4, -0.2) is 22.9 Å². The zero-order valence-corrected chi connectivity index (χ0v) is 10.4. The van der Waals surface area contributed by atoms with Gasteiger partial charge in [0.25, 0.3) is 5.91 Å². The molecule has 0 aliphatic carbocycles. The summed E-state index contributed by atoms with van der Waals surface area (Å²) in [5.41, 5.74) is 6.99. The summed E-state index contributed by atoms with van der Waals surface area (Å²) in [5.74, 6) is -0.272. The maximum atomic E-state index is 12.2. The van der Waals surface area contributed by atoms with E-state index in [1.807, 2.05) is 0 Å². The highest BCUT2D eigenvalue weighted by Crippen LogP contribution is 2.20. The molecule has 0 saturated carbocycles. The Labute approximate surface area is 109 Å². The molecule has 2 heterocycles. The molecule has 0 fully saturated rings. The highest BCUT2D eigenvalue weighted by Gasteiger charge is 2.17. The summed E-state index contributed by atoms with van der Waals surface area (Å²) in [5, 5.41) is 0.134. The number of nitrogens with zero attached hydrogens (tertiary/aromatic N) is 3. The monoisotopic (exact) mass is 262 g/mol. The van der Waals surface area contributed by atoms with Gasteiger partial charge < -0.3 is 10.6 Å². The van der Waals surface area contributed by atoms with Gasteiger partial charge in [-0.3, -0.25) is 9.78 Å². The number of aromatic nitrogens is 2. The summed E-state index contributed by atoms with van der Waals surface area (Å²) in [6, 6.07) is 4.96. The van der Waals surface area contributed by atoms with Crippen LogP contribution >= 0.6 is 11.6 Å². The van der Waals surface area contributed by atoms with Gasteiger partial charge in [0.15, 0.2) is 0 Å². The van der Waals surface area contributed by atoms with Crippen LogP contribution in [0.15, 0.2) is 36.8 Å². The second-order valence-corrected chi connectivity index (χ2v) is 4.03. The Bertz CT molecular complexity index is 574. The average molecular weight is 263 g/mol. The minimum absolute atomic E-state index is 0.134. The van der Waals surface area contributed by atoms with E-state index in [9.17, 15) is 4.79 Å². The van der Waals surface area contributed by atoms with Crippen LogP contribution in [0.4, 0.5) is 11.4 Å². The number of hydrogen-bond acceptors (Lipinski definition) is 4. The highest BCUT2D eigenvalue weighted by atomic mass is 35.5. The molecule has 2 aromatic rings. The topological polar surface area (TPSA) is 72.1 Å². The van der Waals surface area contributed by atoms with Crippen molar-refractivity contribution >= 4 is 28.9 Å². The third kappa shape index (κ3) is 2.41. The molecule has 0 aromatic carbocycles. The normalized spacial score (nSPS) is 10.1. The fourth-order valence-corrected chi connectivity index (χ4v) is 1.66. The first-order chi connectivity index (χ1) is 8.59. The van der Waals surface area contributed by atoms with Crippen molar-refractivity contribution in [2.75, 3.05) is 17.7 Å². The van der Waals surface area contributed by atoms with Crippen molar-refractivity contribution in [1.82, 2.24) is 9.97 Å². The molecule has 2 rings (SSSR count). The molecule has 0 aliphatic rings. The van der Waals surface area contributed by atoms with Crippen molar-refractivity contribution < 1.29 is 4.79 Å². The van der Waals surface area contributed by atoms with E-state index >= 15 is 0 Å². The average Bonchev–Trinajstić information content (AvgIpc) is 2.41. The number of hydrogen-bond donors (Lipinski definition) is 1. The molecule has 0 saturated heterocycles. The van der Waals surface area contributed by atoms with Crippen LogP contribution in [-0.2, 0) is 0 Å². The number of carbonyl (C=O) groups excluding carboxylic acids is 1. The Morgan fingerprint density at radius 1 is 1.39 bits per heavy atom. The molecule has 0 radical (unpaired) electrons. The Kier molecular flexibility index (Phi) is 3.43. The molecule has 18 heavy (non-hydrogen) atoms. The molecule has 2 N–H and O–H groups in total. The number of pyridine rings is 2. The quantitative estimate of drug-likeness (QED) is 0.840. The third-order valence-electron chi connectivity index (χ3n) is 2.45. The standard InChI is InChI=1S/C12H11ClN4O/c1-17(9-2-4-15-5-3-9)12(18)10-6-8(14)7-16-11(10)13/h2-7H,14H2,1H3. The van der Waals surface area contributed by atoms with Crippen LogP contribution < -0.4 is 10.6 Å². The van der Waals surface area contributed by atoms with Gasteiger partial charge in [0.05, 0.1) is 17.4 Å². The molecule has 92 valence electrons. The number of halogens is 1. The molecule has 5 nitrogen and oxygen atoms in total. The first-order valence-corrected chi connectivity index (χ1v) is 5.56. The highest BCUT2D eigenvalue weighted by molar-refractivity contribution is 6.33. The zero-order valence-electron chi connectivity index (χ0n) is 9.67. The molecule has 2 aromatic heterocycles. The van der Waals surface area contributed by atoms with Crippen LogP contribution in [0.5, 0.6) is 0 Å². The van der Waals surface area contributed by atoms with Gasteiger partial charge in [-0.05, 0) is 18.2 Å². The van der Waals surface area contributed by atoms with E-state index in [1.165, 1.54) is 17.2 Å². The molecular weight excluding hydrogens is 252 g/mol. The molecule has 0 spiro atoms. The number of nitrogens with two attached hydrogens (primary N) is 1. The predicted molar refractivity (Wildman–Crippen MR) is 70.6 cm³/mol. The minimum Gasteiger partial charge on any atom is -0.397 e. The van der Waals surface area contributed by atoms with Gasteiger partial charge in [0.2, 0.25) is 0 Å². The minimum atomic E-state index is -0.272. The van der Waals surface area contributed by atoms with E-state index in [0.717, 1.165) is 0 Å². The number of amides is 1. The lowest BCUT2D eigenvalue weighted by Gasteiger charge is -2.17. The summed E-state index contributed by atoms with van der Waals surface area (Å²) in [4.78, 5) is 21.5. The summed E-state index contributed by atoms with van der Waals surface area (Å²) >= 11 is 5.90. The lowest BCUT2D eigenvalue weighted by molar-refractivity contribution is 0.0993. The molecular formula is C12H11ClN4O. The van der Waals surface area contributed by atoms with Gasteiger partial charge in [-0.15, -0.1) is 0 Å². The Hall–Kier alpha value is -2.14. The van der Waals surface area contributed by atoms with Gasteiger partial charge in [-0.25, -0.2) is 4.98 Å². The van der Waals surface area contributed by atoms with Crippen LogP contribution in [0.3, 0.4) is 0 Å². The number of nitrogen functional groups attached to an aromatic ring is 1. The van der Waals surface area contributed by atoms with Crippen molar-refractivity contribution in [2.45, 2.75) is 0 Å². The summed E-state index contributed by atoms with van der Waals surface area (Å²) in [6.45, 7) is 0. The predicted octanol–water partition coefficient (Wildman–Crippen LogP) is 1.99. The van der Waals surface area contributed by atoms with E-state index < -0.39 is 0 Å². The van der Waals surface area contributed by atoms with Gasteiger partial charge in [-0.1, -0.05) is 11.6 Å². The Morgan fingerprint density at radius 2 is 2.06 bits per heavy atom. The van der Waals surface area contributed by atoms with Crippen LogP contribution in [0, 0.1) is 0 Å². The van der Waals surface area contributed by atoms with E-state index in [0.29, 0.717) is 11.4 Å². The van der Waals surface area contributed by atoms with Gasteiger partial charge in [0, 0.05) is 25.1 Å². The van der Waals surface area contributed by atoms with Crippen LogP contribution in [0.2, 0.25) is 5.15 Å². The van der Waals surface area contributed by atoms with Gasteiger partial charge in [0.1, 0.15) is 5.15 Å². The first-order valence-electron chi connectivity index (χ1n) is 5.18. The first kappa shape index (κ1) is 12.3. The van der Waals surface area contributed by atoms with Crippen molar-refractivity contribution in [3.8, 4) is 0 Å². The van der Waals surface area contributed by atoms with Crippen molar-refractivity contribution in [3.05, 3.63) is 47.5 Å². The van der Waals surface area contributed by atoms with Crippen LogP contribution in [0.25, 0.3) is 0 Å². The molecule has 0 unspecified atom stereocenters. The maximum Gasteiger partial charge on any atom is 0.261 e. The maximum absolute atomic E-state index is 12.2. The van der Waals surface area contributed by atoms with E-state index in [4.69, 9.17) is 17.3 Å². The SMILES string of the molecule is CN(C(=O)c1cc(N)cnc1Cl)c1ccncc1. The number of anilines is 2. The molecule has 1 amide bonds. The second kappa shape index (κ2) is 5.01. The summed E-state index contributed by atoms with van der Waals surface area (Å²) in [6.07, 6.45) is 4.63. The summed E-state index contributed by atoms with van der Waals surface area (Å²) in [7, 11) is 1.65. The molecule has 0 aliphatic heterocycles. The van der Waals surface area contributed by atoms with Crippen molar-refractivity contribution in [2.24, 2.45) is 0 Å². The Balaban J connectivity index is 2.34. The lowest BCUT2D eigenvalue weighted by Crippen LogP contribution is -2.26. The lowest BCUT2D eigenvalue weighted by atomic mass is 10.2. The molecule has 0 atom stereocenters. The fourth-order valence-electron chi connectivity index (χ4n) is 1.48. The van der Waals surface area contributed by atoms with E-state index in [1.54, 1.807) is 31.6 Å². The van der Waals surface area contributed by atoms with Gasteiger partial charge in [-0.2, -0.15) is 0 Å². The molecule has 6 heteroatoms. The van der Waals surface area contributed by atoms with E-state index in [2.05, 4.69) is 9.97 Å².